The molecule has 4 rings (SSSR count). The van der Waals surface area contributed by atoms with E-state index in [0.717, 1.165) is 16.3 Å². The lowest BCUT2D eigenvalue weighted by atomic mass is 10.0. The largest absolute Gasteiger partial charge is 0.345 e. The number of carbonyl (C=O) groups excluding carboxylic acids is 1. The van der Waals surface area contributed by atoms with Crippen molar-refractivity contribution >= 4 is 23.3 Å². The third-order valence-electron chi connectivity index (χ3n) is 5.80. The van der Waals surface area contributed by atoms with Crippen molar-refractivity contribution in [2.45, 2.75) is 51.9 Å². The van der Waals surface area contributed by atoms with E-state index in [9.17, 15) is 4.79 Å². The summed E-state index contributed by atoms with van der Waals surface area (Å²) in [5.41, 5.74) is 3.19. The van der Waals surface area contributed by atoms with Crippen molar-refractivity contribution in [3.05, 3.63) is 69.4 Å². The molecule has 1 aliphatic heterocycles. The van der Waals surface area contributed by atoms with Crippen LogP contribution in [0.2, 0.25) is 0 Å². The van der Waals surface area contributed by atoms with Crippen LogP contribution in [0.3, 0.4) is 0 Å². The number of benzene rings is 1. The highest BCUT2D eigenvalue weighted by atomic mass is 32.1. The summed E-state index contributed by atoms with van der Waals surface area (Å²) < 4.78 is 46.6. The fraction of sp³-hybridized carbons (Fsp3) is 0.440. The van der Waals surface area contributed by atoms with E-state index in [1.54, 1.807) is 52.8 Å². The highest BCUT2D eigenvalue weighted by Gasteiger charge is 2.30. The maximum Gasteiger partial charge on any atom is 0.318 e. The zero-order valence-corrected chi connectivity index (χ0v) is 20.3. The Labute approximate surface area is 213 Å². The van der Waals surface area contributed by atoms with E-state index in [2.05, 4.69) is 25.6 Å². The predicted octanol–water partition coefficient (Wildman–Crippen LogP) is 4.17. The molecule has 0 bridgehead atoms. The lowest BCUT2D eigenvalue weighted by molar-refractivity contribution is 0.161. The molecule has 0 fully saturated rings. The van der Waals surface area contributed by atoms with Gasteiger partial charge in [-0.05, 0) is 52.3 Å². The molecule has 0 radical (unpaired) electrons. The van der Waals surface area contributed by atoms with E-state index in [-0.39, 0.29) is 18.6 Å². The van der Waals surface area contributed by atoms with Crippen molar-refractivity contribution in [1.29, 1.82) is 0 Å². The van der Waals surface area contributed by atoms with Gasteiger partial charge in [-0.25, -0.2) is 19.7 Å². The smallest absolute Gasteiger partial charge is 0.318 e. The van der Waals surface area contributed by atoms with Crippen LogP contribution in [0.15, 0.2) is 41.9 Å². The third-order valence-corrected chi connectivity index (χ3v) is 6.95. The topological polar surface area (TPSA) is 86.3 Å². The number of aryl methyl sites for hydroxylation is 1. The number of nitrogens with one attached hydrogen (secondary N) is 2. The number of hydrogen-bond donors (Lipinski definition) is 2. The fourth-order valence-electron chi connectivity index (χ4n) is 4.00. The Hall–Kier alpha value is -3.04. The zero-order valence-electron chi connectivity index (χ0n) is 25.4. The Morgan fingerprint density at radius 1 is 1.32 bits per heavy atom. The predicted molar refractivity (Wildman–Crippen MR) is 136 cm³/mol. The van der Waals surface area contributed by atoms with Gasteiger partial charge in [0.25, 0.3) is 0 Å². The van der Waals surface area contributed by atoms with Crippen LogP contribution in [-0.2, 0) is 13.0 Å². The maximum atomic E-state index is 13.6. The first-order chi connectivity index (χ1) is 18.7. The number of anilines is 1. The van der Waals surface area contributed by atoms with Crippen molar-refractivity contribution < 1.29 is 13.0 Å². The lowest BCUT2D eigenvalue weighted by Crippen LogP contribution is -2.50. The van der Waals surface area contributed by atoms with Crippen LogP contribution in [0.1, 0.15) is 61.7 Å². The molecule has 9 heteroatoms. The number of fused-ring (bicyclic) bond motifs is 1. The molecule has 1 aliphatic rings. The van der Waals surface area contributed by atoms with Gasteiger partial charge in [-0.2, -0.15) is 0 Å². The van der Waals surface area contributed by atoms with Crippen LogP contribution in [0.25, 0.3) is 0 Å². The number of carbonyl (C=O) groups is 1. The molecule has 0 saturated heterocycles. The minimum absolute atomic E-state index is 0.0929. The molecule has 3 aromatic rings. The van der Waals surface area contributed by atoms with Gasteiger partial charge >= 0.3 is 6.03 Å². The monoisotopic (exact) mass is 485 g/mol. The second kappa shape index (κ2) is 10.5. The summed E-state index contributed by atoms with van der Waals surface area (Å²) in [4.78, 5) is 29.3. The number of nitrogens with zero attached hydrogens (tertiary/aromatic N) is 5. The molecule has 3 heterocycles. The quantitative estimate of drug-likeness (QED) is 0.522. The molecule has 3 atom stereocenters. The first kappa shape index (κ1) is 17.4. The second-order valence-electron chi connectivity index (χ2n) is 8.56. The third kappa shape index (κ3) is 5.71. The van der Waals surface area contributed by atoms with Crippen LogP contribution in [-0.4, -0.2) is 57.3 Å². The summed E-state index contributed by atoms with van der Waals surface area (Å²) in [5, 5.41) is 9.07. The number of amides is 2. The summed E-state index contributed by atoms with van der Waals surface area (Å²) in [5.74, 6) is 0.433. The maximum absolute atomic E-state index is 13.6. The fourth-order valence-corrected chi connectivity index (χ4v) is 4.80. The highest BCUT2D eigenvalue weighted by Crippen LogP contribution is 2.25. The zero-order chi connectivity index (χ0) is 29.2. The van der Waals surface area contributed by atoms with Gasteiger partial charge in [0.05, 0.1) is 24.3 Å². The normalized spacial score (nSPS) is 20.6. The van der Waals surface area contributed by atoms with Gasteiger partial charge in [0.15, 0.2) is 0 Å². The average molecular weight is 486 g/mol. The standard InChI is InChI=1S/C25H33N7OS/c1-16-15-34-23(27-16)18(3)28-24-26-12-20-11-17(2)32(14-22(20)29-24)25(33)30-21(13-31(4)5)19-9-7-6-8-10-19/h6-10,12,15,17-18,21H,11,13-14H2,1-5H3,(H,30,33)(H,26,28,29)/t17-,18+,21-/m1/s1/i4D3,5D3. The molecule has 34 heavy (non-hydrogen) atoms. The average Bonchev–Trinajstić information content (AvgIpc) is 3.31. The second-order valence-corrected chi connectivity index (χ2v) is 9.45. The first-order valence-electron chi connectivity index (χ1n) is 14.2. The molecule has 1 aromatic carbocycles. The van der Waals surface area contributed by atoms with Gasteiger partial charge in [-0.15, -0.1) is 11.3 Å². The summed E-state index contributed by atoms with van der Waals surface area (Å²) in [7, 11) is 0. The summed E-state index contributed by atoms with van der Waals surface area (Å²) in [6.45, 7) is -0.135. The van der Waals surface area contributed by atoms with E-state index < -0.39 is 32.6 Å². The van der Waals surface area contributed by atoms with E-state index >= 15 is 0 Å². The van der Waals surface area contributed by atoms with Gasteiger partial charge in [0.2, 0.25) is 5.95 Å². The van der Waals surface area contributed by atoms with Crippen LogP contribution >= 0.6 is 11.3 Å². The molecular weight excluding hydrogens is 446 g/mol. The summed E-state index contributed by atoms with van der Waals surface area (Å²) >= 11 is 1.56. The van der Waals surface area contributed by atoms with E-state index in [1.165, 1.54) is 0 Å². The van der Waals surface area contributed by atoms with Gasteiger partial charge in [0.1, 0.15) is 5.01 Å². The Morgan fingerprint density at radius 2 is 2.12 bits per heavy atom. The van der Waals surface area contributed by atoms with Crippen molar-refractivity contribution in [2.24, 2.45) is 0 Å². The summed E-state index contributed by atoms with van der Waals surface area (Å²) in [6, 6.07) is 7.15. The molecule has 8 nitrogen and oxygen atoms in total. The minimum Gasteiger partial charge on any atom is -0.345 e. The van der Waals surface area contributed by atoms with Crippen molar-refractivity contribution in [1.82, 2.24) is 30.1 Å². The van der Waals surface area contributed by atoms with Crippen LogP contribution in [0.5, 0.6) is 0 Å². The number of aromatic nitrogens is 3. The van der Waals surface area contributed by atoms with E-state index in [1.807, 2.05) is 26.2 Å². The van der Waals surface area contributed by atoms with E-state index in [4.69, 9.17) is 8.22 Å². The SMILES string of the molecule is [2H]C([2H])([2H])N(C[C@@H](NC(=O)N1Cc2nc(N[C@@H](C)c3nc(C)cs3)ncc2C[C@H]1C)c1ccccc1)C([2H])([2H])[2H]. The number of urea groups is 1. The number of rotatable bonds is 7. The minimum atomic E-state index is -2.88. The molecular formula is C25H33N7OS. The van der Waals surface area contributed by atoms with E-state index in [0.29, 0.717) is 28.5 Å². The number of thiazole rings is 1. The molecule has 2 amide bonds. The number of hydrogen-bond acceptors (Lipinski definition) is 7. The Morgan fingerprint density at radius 3 is 2.82 bits per heavy atom. The van der Waals surface area contributed by atoms with Crippen molar-refractivity contribution in [3.8, 4) is 0 Å². The van der Waals surface area contributed by atoms with Gasteiger partial charge in [-0.1, -0.05) is 30.3 Å². The first-order valence-corrected chi connectivity index (χ1v) is 12.0. The molecule has 180 valence electrons. The molecule has 2 N–H and O–H groups in total. The van der Waals surface area contributed by atoms with Gasteiger partial charge in [-0.3, -0.25) is 0 Å². The van der Waals surface area contributed by atoms with Crippen LogP contribution in [0.4, 0.5) is 10.7 Å². The molecule has 0 spiro atoms. The molecule has 0 saturated carbocycles. The lowest BCUT2D eigenvalue weighted by Gasteiger charge is -2.35. The Kier molecular flexibility index (Phi) is 5.37. The summed E-state index contributed by atoms with van der Waals surface area (Å²) in [6.07, 6.45) is 2.31. The highest BCUT2D eigenvalue weighted by molar-refractivity contribution is 7.09. The Bertz CT molecular complexity index is 1300. The van der Waals surface area contributed by atoms with Gasteiger partial charge in [0, 0.05) is 38.1 Å². The molecule has 0 unspecified atom stereocenters. The van der Waals surface area contributed by atoms with Crippen LogP contribution < -0.4 is 10.6 Å². The van der Waals surface area contributed by atoms with Gasteiger partial charge < -0.3 is 20.4 Å². The van der Waals surface area contributed by atoms with Crippen molar-refractivity contribution in [3.63, 3.8) is 0 Å². The van der Waals surface area contributed by atoms with Crippen LogP contribution in [0, 0.1) is 6.92 Å². The van der Waals surface area contributed by atoms with Crippen molar-refractivity contribution in [2.75, 3.05) is 25.8 Å². The molecule has 2 aromatic heterocycles. The molecule has 0 aliphatic carbocycles. The number of likely N-dealkylation sites (N-methyl/N-ethyl adjacent to an activating group) is 1. The Balaban J connectivity index is 1.53.